The van der Waals surface area contributed by atoms with Crippen LogP contribution in [0.2, 0.25) is 5.02 Å². The summed E-state index contributed by atoms with van der Waals surface area (Å²) in [7, 11) is 0. The van der Waals surface area contributed by atoms with Crippen molar-refractivity contribution in [3.8, 4) is 10.4 Å². The van der Waals surface area contributed by atoms with E-state index in [1.54, 1.807) is 23.1 Å². The Hall–Kier alpha value is -0.970. The quantitative estimate of drug-likeness (QED) is 0.626. The Kier molecular flexibility index (Phi) is 4.40. The lowest BCUT2D eigenvalue weighted by molar-refractivity contribution is 0.0628. The number of nitrogens with zero attached hydrogens (tertiary/aromatic N) is 1. The van der Waals surface area contributed by atoms with E-state index in [4.69, 9.17) is 11.6 Å². The van der Waals surface area contributed by atoms with Gasteiger partial charge >= 0.3 is 0 Å². The van der Waals surface area contributed by atoms with E-state index in [2.05, 4.69) is 26.0 Å². The normalized spacial score (nSPS) is 22.9. The molecule has 1 fully saturated rings. The Balaban J connectivity index is 1.65. The Morgan fingerprint density at radius 3 is 2.71 bits per heavy atom. The summed E-state index contributed by atoms with van der Waals surface area (Å²) in [6.07, 6.45) is 1.22. The number of hydrogen-bond donors (Lipinski definition) is 0. The Morgan fingerprint density at radius 1 is 1.21 bits per heavy atom. The van der Waals surface area contributed by atoms with E-state index in [0.717, 1.165) is 28.7 Å². The molecule has 1 aromatic carbocycles. The molecule has 2 aromatic rings. The largest absolute Gasteiger partial charge is 0.337 e. The number of benzene rings is 1. The zero-order chi connectivity index (χ0) is 16.8. The molecule has 1 aromatic heterocycles. The van der Waals surface area contributed by atoms with E-state index in [-0.39, 0.29) is 5.91 Å². The van der Waals surface area contributed by atoms with Crippen LogP contribution in [0.1, 0.15) is 35.5 Å². The minimum Gasteiger partial charge on any atom is -0.337 e. The Morgan fingerprint density at radius 2 is 1.96 bits per heavy atom. The van der Waals surface area contributed by atoms with Crippen LogP contribution in [0.15, 0.2) is 29.2 Å². The van der Waals surface area contributed by atoms with Gasteiger partial charge in [0.2, 0.25) is 0 Å². The second-order valence-corrected chi connectivity index (χ2v) is 9.56. The van der Waals surface area contributed by atoms with Crippen LogP contribution in [0.5, 0.6) is 0 Å². The maximum atomic E-state index is 13.0. The van der Waals surface area contributed by atoms with Gasteiger partial charge in [0.15, 0.2) is 0 Å². The van der Waals surface area contributed by atoms with E-state index in [1.807, 2.05) is 17.0 Å². The van der Waals surface area contributed by atoms with Crippen LogP contribution in [0.25, 0.3) is 10.4 Å². The molecule has 0 radical (unpaired) electrons. The summed E-state index contributed by atoms with van der Waals surface area (Å²) in [4.78, 5) is 18.4. The van der Waals surface area contributed by atoms with Crippen molar-refractivity contribution in [3.63, 3.8) is 0 Å². The van der Waals surface area contributed by atoms with Crippen molar-refractivity contribution in [1.29, 1.82) is 0 Å². The Bertz CT molecular complexity index is 791. The van der Waals surface area contributed by atoms with Crippen molar-refractivity contribution in [2.45, 2.75) is 30.9 Å². The zero-order valence-electron chi connectivity index (χ0n) is 13.8. The topological polar surface area (TPSA) is 20.3 Å². The first-order valence-corrected chi connectivity index (χ1v) is 10.5. The number of rotatable bonds is 1. The number of halogens is 1. The number of fused-ring (bicyclic) bond motifs is 3. The molecular formula is C19H20ClNOS2. The second kappa shape index (κ2) is 6.40. The van der Waals surface area contributed by atoms with Crippen LogP contribution in [-0.2, 0) is 5.75 Å². The minimum absolute atomic E-state index is 0.202. The van der Waals surface area contributed by atoms with Gasteiger partial charge in [0.1, 0.15) is 0 Å². The van der Waals surface area contributed by atoms with Gasteiger partial charge in [-0.1, -0.05) is 31.5 Å². The number of carbonyl (C=O) groups excluding carboxylic acids is 1. The van der Waals surface area contributed by atoms with Gasteiger partial charge in [-0.25, -0.2) is 0 Å². The molecule has 5 heteroatoms. The van der Waals surface area contributed by atoms with E-state index in [1.165, 1.54) is 27.3 Å². The molecule has 1 saturated heterocycles. The summed E-state index contributed by atoms with van der Waals surface area (Å²) in [6, 6.07) is 8.15. The number of thioether (sulfide) groups is 1. The molecule has 24 heavy (non-hydrogen) atoms. The van der Waals surface area contributed by atoms with Gasteiger partial charge in [0.05, 0.1) is 4.88 Å². The zero-order valence-corrected chi connectivity index (χ0v) is 16.2. The average molecular weight is 378 g/mol. The molecule has 3 heterocycles. The van der Waals surface area contributed by atoms with Crippen LogP contribution in [0, 0.1) is 11.8 Å². The lowest BCUT2D eigenvalue weighted by Crippen LogP contribution is -2.42. The molecule has 2 aliphatic heterocycles. The van der Waals surface area contributed by atoms with Crippen molar-refractivity contribution < 1.29 is 4.79 Å². The van der Waals surface area contributed by atoms with Crippen LogP contribution in [-0.4, -0.2) is 23.9 Å². The van der Waals surface area contributed by atoms with Crippen molar-refractivity contribution in [2.75, 3.05) is 13.1 Å². The van der Waals surface area contributed by atoms with E-state index in [9.17, 15) is 4.79 Å². The molecular weight excluding hydrogens is 358 g/mol. The lowest BCUT2D eigenvalue weighted by Gasteiger charge is -2.34. The summed E-state index contributed by atoms with van der Waals surface area (Å²) in [5, 5.41) is 0.772. The maximum Gasteiger partial charge on any atom is 0.263 e. The molecule has 0 bridgehead atoms. The molecule has 4 rings (SSSR count). The van der Waals surface area contributed by atoms with Crippen LogP contribution in [0.4, 0.5) is 0 Å². The van der Waals surface area contributed by atoms with Gasteiger partial charge in [-0.2, -0.15) is 0 Å². The van der Waals surface area contributed by atoms with Crippen LogP contribution in [0.3, 0.4) is 0 Å². The summed E-state index contributed by atoms with van der Waals surface area (Å²) < 4.78 is 0. The first-order valence-electron chi connectivity index (χ1n) is 8.36. The fourth-order valence-corrected chi connectivity index (χ4v) is 6.47. The van der Waals surface area contributed by atoms with Crippen molar-refractivity contribution in [1.82, 2.24) is 4.90 Å². The molecule has 0 spiro atoms. The third kappa shape index (κ3) is 3.00. The fourth-order valence-electron chi connectivity index (χ4n) is 3.81. The SMILES string of the molecule is C[C@H]1C[C@H](C)CN(C(=O)c2cc3c(s2)-c2ccc(Cl)cc2SC3)C1. The second-order valence-electron chi connectivity index (χ2n) is 7.05. The number of thiophene rings is 1. The minimum atomic E-state index is 0.202. The Labute approximate surface area is 156 Å². The molecule has 0 N–H and O–H groups in total. The molecule has 2 aliphatic rings. The number of piperidine rings is 1. The van der Waals surface area contributed by atoms with Gasteiger partial charge < -0.3 is 4.90 Å². The van der Waals surface area contributed by atoms with Gasteiger partial charge in [0, 0.05) is 39.2 Å². The van der Waals surface area contributed by atoms with Gasteiger partial charge in [-0.15, -0.1) is 23.1 Å². The third-order valence-electron chi connectivity index (χ3n) is 4.75. The summed E-state index contributed by atoms with van der Waals surface area (Å²) >= 11 is 9.56. The van der Waals surface area contributed by atoms with Crippen molar-refractivity contribution in [3.05, 3.63) is 39.7 Å². The number of amides is 1. The molecule has 2 nitrogen and oxygen atoms in total. The molecule has 0 saturated carbocycles. The maximum absolute atomic E-state index is 13.0. The molecule has 126 valence electrons. The van der Waals surface area contributed by atoms with Crippen molar-refractivity contribution in [2.24, 2.45) is 11.8 Å². The van der Waals surface area contributed by atoms with Crippen LogP contribution < -0.4 is 0 Å². The van der Waals surface area contributed by atoms with Gasteiger partial charge in [-0.05, 0) is 42.0 Å². The highest BCUT2D eigenvalue weighted by Gasteiger charge is 2.29. The van der Waals surface area contributed by atoms with Gasteiger partial charge in [-0.3, -0.25) is 4.79 Å². The van der Waals surface area contributed by atoms with Crippen LogP contribution >= 0.6 is 34.7 Å². The highest BCUT2D eigenvalue weighted by atomic mass is 35.5. The average Bonchev–Trinajstić information content (AvgIpc) is 2.97. The summed E-state index contributed by atoms with van der Waals surface area (Å²) in [6.45, 7) is 6.25. The standard InChI is InChI=1S/C19H20ClNOS2/c1-11-5-12(2)9-21(8-11)19(22)17-6-13-10-23-16-7-14(20)3-4-15(16)18(13)24-17/h3-4,6-7,11-12H,5,8-10H2,1-2H3/t11-,12-/m0/s1. The smallest absolute Gasteiger partial charge is 0.263 e. The number of likely N-dealkylation sites (tertiary alicyclic amines) is 1. The highest BCUT2D eigenvalue weighted by Crippen LogP contribution is 2.46. The molecule has 0 aliphatic carbocycles. The molecule has 0 unspecified atom stereocenters. The fraction of sp³-hybridized carbons (Fsp3) is 0.421. The first-order chi connectivity index (χ1) is 11.5. The molecule has 2 atom stereocenters. The highest BCUT2D eigenvalue weighted by molar-refractivity contribution is 7.98. The predicted molar refractivity (Wildman–Crippen MR) is 103 cm³/mol. The van der Waals surface area contributed by atoms with E-state index in [0.29, 0.717) is 11.8 Å². The summed E-state index contributed by atoms with van der Waals surface area (Å²) in [5.74, 6) is 2.30. The van der Waals surface area contributed by atoms with Gasteiger partial charge in [0.25, 0.3) is 5.91 Å². The van der Waals surface area contributed by atoms with Crippen molar-refractivity contribution >= 4 is 40.6 Å². The molecule has 1 amide bonds. The number of carbonyl (C=O) groups is 1. The third-order valence-corrected chi connectivity index (χ3v) is 7.29. The first kappa shape index (κ1) is 16.5. The predicted octanol–water partition coefficient (Wildman–Crippen LogP) is 5.79. The van der Waals surface area contributed by atoms with E-state index >= 15 is 0 Å². The number of hydrogen-bond acceptors (Lipinski definition) is 3. The lowest BCUT2D eigenvalue weighted by atomic mass is 9.92. The monoisotopic (exact) mass is 377 g/mol. The van der Waals surface area contributed by atoms with E-state index < -0.39 is 0 Å². The summed E-state index contributed by atoms with van der Waals surface area (Å²) in [5.41, 5.74) is 2.50.